The molecule has 0 aromatic carbocycles. The Kier molecular flexibility index (Phi) is 6.01. The zero-order chi connectivity index (χ0) is 14.6. The molecule has 1 aromatic rings. The van der Waals surface area contributed by atoms with Crippen molar-refractivity contribution in [1.82, 2.24) is 4.72 Å². The van der Waals surface area contributed by atoms with Gasteiger partial charge >= 0.3 is 0 Å². The molecule has 3 atom stereocenters. The molecule has 0 aliphatic rings. The van der Waals surface area contributed by atoms with Gasteiger partial charge < -0.3 is 5.11 Å². The number of hydrogen-bond acceptors (Lipinski definition) is 4. The molecule has 2 N–H and O–H groups in total. The van der Waals surface area contributed by atoms with E-state index < -0.39 is 22.2 Å². The van der Waals surface area contributed by atoms with Crippen molar-refractivity contribution < 1.29 is 13.5 Å². The lowest BCUT2D eigenvalue weighted by Gasteiger charge is -2.26. The van der Waals surface area contributed by atoms with E-state index in [4.69, 9.17) is 11.6 Å². The van der Waals surface area contributed by atoms with Crippen molar-refractivity contribution in [1.29, 1.82) is 0 Å². The van der Waals surface area contributed by atoms with Crippen LogP contribution in [0.2, 0.25) is 4.34 Å². The first-order chi connectivity index (χ1) is 8.81. The topological polar surface area (TPSA) is 66.4 Å². The SMILES string of the molecule is C=CC(O)C(NS(=O)(=O)c1ccc(Cl)s1)[C@@H](C)CC. The molecule has 1 rings (SSSR count). The standard InChI is InChI=1S/C12H18ClNO3S2/c1-4-8(3)12(9(15)5-2)14-19(16,17)11-7-6-10(13)18-11/h5-9,12,14-15H,2,4H2,1,3H3/t8-,9?,12?/m0/s1. The Morgan fingerprint density at radius 3 is 2.63 bits per heavy atom. The Morgan fingerprint density at radius 2 is 2.21 bits per heavy atom. The largest absolute Gasteiger partial charge is 0.387 e. The van der Waals surface area contributed by atoms with Gasteiger partial charge in [-0.1, -0.05) is 37.9 Å². The van der Waals surface area contributed by atoms with Gasteiger partial charge in [0.15, 0.2) is 0 Å². The zero-order valence-corrected chi connectivity index (χ0v) is 13.2. The highest BCUT2D eigenvalue weighted by Crippen LogP contribution is 2.26. The monoisotopic (exact) mass is 323 g/mol. The number of halogens is 1. The predicted octanol–water partition coefficient (Wildman–Crippen LogP) is 2.64. The van der Waals surface area contributed by atoms with E-state index in [0.29, 0.717) is 4.34 Å². The number of thiophene rings is 1. The average molecular weight is 324 g/mol. The Hall–Kier alpha value is -0.400. The van der Waals surface area contributed by atoms with Crippen LogP contribution in [-0.4, -0.2) is 25.7 Å². The highest BCUT2D eigenvalue weighted by Gasteiger charge is 2.28. The molecule has 0 aliphatic heterocycles. The molecule has 0 spiro atoms. The van der Waals surface area contributed by atoms with Crippen LogP contribution in [-0.2, 0) is 10.0 Å². The second-order valence-electron chi connectivity index (χ2n) is 4.32. The number of rotatable bonds is 7. The molecule has 19 heavy (non-hydrogen) atoms. The molecule has 108 valence electrons. The third-order valence-electron chi connectivity index (χ3n) is 2.97. The van der Waals surface area contributed by atoms with Crippen LogP contribution >= 0.6 is 22.9 Å². The fourth-order valence-electron chi connectivity index (χ4n) is 1.60. The van der Waals surface area contributed by atoms with Crippen molar-refractivity contribution in [2.75, 3.05) is 0 Å². The molecule has 0 fully saturated rings. The van der Waals surface area contributed by atoms with Crippen molar-refractivity contribution in [3.05, 3.63) is 29.1 Å². The minimum Gasteiger partial charge on any atom is -0.387 e. The maximum atomic E-state index is 12.2. The summed E-state index contributed by atoms with van der Waals surface area (Å²) in [4.78, 5) is 0. The van der Waals surface area contributed by atoms with Gasteiger partial charge in [-0.15, -0.1) is 17.9 Å². The van der Waals surface area contributed by atoms with Crippen LogP contribution in [0.25, 0.3) is 0 Å². The fourth-order valence-corrected chi connectivity index (χ4v) is 4.46. The maximum absolute atomic E-state index is 12.2. The minimum absolute atomic E-state index is 0.0155. The van der Waals surface area contributed by atoms with Gasteiger partial charge in [0.05, 0.1) is 16.5 Å². The first kappa shape index (κ1) is 16.7. The smallest absolute Gasteiger partial charge is 0.250 e. The third-order valence-corrected chi connectivity index (χ3v) is 6.15. The van der Waals surface area contributed by atoms with Crippen LogP contribution in [0.4, 0.5) is 0 Å². The van der Waals surface area contributed by atoms with Gasteiger partial charge in [0, 0.05) is 0 Å². The molecule has 0 bridgehead atoms. The zero-order valence-electron chi connectivity index (χ0n) is 10.8. The van der Waals surface area contributed by atoms with E-state index in [-0.39, 0.29) is 10.1 Å². The summed E-state index contributed by atoms with van der Waals surface area (Å²) in [5, 5.41) is 9.87. The van der Waals surface area contributed by atoms with Gasteiger partial charge in [0.1, 0.15) is 4.21 Å². The van der Waals surface area contributed by atoms with E-state index in [1.54, 1.807) is 0 Å². The second kappa shape index (κ2) is 6.85. The van der Waals surface area contributed by atoms with E-state index in [1.165, 1.54) is 18.2 Å². The molecule has 2 unspecified atom stereocenters. The van der Waals surface area contributed by atoms with Crippen LogP contribution in [0.3, 0.4) is 0 Å². The van der Waals surface area contributed by atoms with Gasteiger partial charge in [0.2, 0.25) is 10.0 Å². The van der Waals surface area contributed by atoms with Crippen molar-refractivity contribution in [3.8, 4) is 0 Å². The summed E-state index contributed by atoms with van der Waals surface area (Å²) in [6, 6.07) is 2.38. The number of aliphatic hydroxyl groups is 1. The molecule has 1 heterocycles. The summed E-state index contributed by atoms with van der Waals surface area (Å²) in [6.07, 6.45) is 1.14. The summed E-state index contributed by atoms with van der Waals surface area (Å²) >= 11 is 6.73. The maximum Gasteiger partial charge on any atom is 0.250 e. The highest BCUT2D eigenvalue weighted by molar-refractivity contribution is 7.91. The molecule has 4 nitrogen and oxygen atoms in total. The first-order valence-corrected chi connectivity index (χ1v) is 8.57. The molecule has 0 saturated heterocycles. The van der Waals surface area contributed by atoms with E-state index in [2.05, 4.69) is 11.3 Å². The summed E-state index contributed by atoms with van der Waals surface area (Å²) < 4.78 is 27.5. The molecule has 0 saturated carbocycles. The summed E-state index contributed by atoms with van der Waals surface area (Å²) in [7, 11) is -3.67. The van der Waals surface area contributed by atoms with Crippen LogP contribution in [0.15, 0.2) is 29.0 Å². The normalized spacial score (nSPS) is 16.8. The lowest BCUT2D eigenvalue weighted by molar-refractivity contribution is 0.153. The lowest BCUT2D eigenvalue weighted by Crippen LogP contribution is -2.46. The van der Waals surface area contributed by atoms with Gasteiger partial charge in [-0.3, -0.25) is 0 Å². The van der Waals surface area contributed by atoms with Crippen molar-refractivity contribution in [2.45, 2.75) is 36.6 Å². The molecular weight excluding hydrogens is 306 g/mol. The van der Waals surface area contributed by atoms with Crippen LogP contribution in [0, 0.1) is 5.92 Å². The van der Waals surface area contributed by atoms with Gasteiger partial charge in [0.25, 0.3) is 0 Å². The summed E-state index contributed by atoms with van der Waals surface area (Å²) in [6.45, 7) is 7.31. The Labute approximate surface area is 123 Å². The lowest BCUT2D eigenvalue weighted by atomic mass is 9.95. The van der Waals surface area contributed by atoms with Crippen molar-refractivity contribution >= 4 is 33.0 Å². The highest BCUT2D eigenvalue weighted by atomic mass is 35.5. The predicted molar refractivity (Wildman–Crippen MR) is 79.1 cm³/mol. The summed E-state index contributed by atoms with van der Waals surface area (Å²) in [5.74, 6) is -0.0155. The van der Waals surface area contributed by atoms with Gasteiger partial charge in [-0.2, -0.15) is 0 Å². The van der Waals surface area contributed by atoms with Crippen LogP contribution in [0.1, 0.15) is 20.3 Å². The van der Waals surface area contributed by atoms with Crippen LogP contribution in [0.5, 0.6) is 0 Å². The molecular formula is C12H18ClNO3S2. The number of aliphatic hydroxyl groups excluding tert-OH is 1. The third kappa shape index (κ3) is 4.29. The molecule has 1 aromatic heterocycles. The van der Waals surface area contributed by atoms with Gasteiger partial charge in [-0.05, 0) is 18.1 Å². The molecule has 0 aliphatic carbocycles. The molecule has 0 amide bonds. The van der Waals surface area contributed by atoms with Crippen molar-refractivity contribution in [3.63, 3.8) is 0 Å². The minimum atomic E-state index is -3.67. The number of nitrogens with one attached hydrogen (secondary N) is 1. The van der Waals surface area contributed by atoms with E-state index in [9.17, 15) is 13.5 Å². The quantitative estimate of drug-likeness (QED) is 0.758. The van der Waals surface area contributed by atoms with Crippen LogP contribution < -0.4 is 4.72 Å². The van der Waals surface area contributed by atoms with E-state index >= 15 is 0 Å². The van der Waals surface area contributed by atoms with E-state index in [1.807, 2.05) is 13.8 Å². The average Bonchev–Trinajstić information content (AvgIpc) is 2.81. The van der Waals surface area contributed by atoms with E-state index in [0.717, 1.165) is 17.8 Å². The van der Waals surface area contributed by atoms with Gasteiger partial charge in [-0.25, -0.2) is 13.1 Å². The Morgan fingerprint density at radius 1 is 1.58 bits per heavy atom. The Balaban J connectivity index is 2.98. The number of sulfonamides is 1. The first-order valence-electron chi connectivity index (χ1n) is 5.90. The fraction of sp³-hybridized carbons (Fsp3) is 0.500. The Bertz CT molecular complexity index is 527. The summed E-state index contributed by atoms with van der Waals surface area (Å²) in [5.41, 5.74) is 0. The van der Waals surface area contributed by atoms with Crippen molar-refractivity contribution in [2.24, 2.45) is 5.92 Å². The second-order valence-corrected chi connectivity index (χ2v) is 7.97. The number of hydrogen-bond donors (Lipinski definition) is 2. The molecule has 0 radical (unpaired) electrons. The molecule has 7 heteroatoms.